The Morgan fingerprint density at radius 3 is 2.35 bits per heavy atom. The summed E-state index contributed by atoms with van der Waals surface area (Å²) in [5.74, 6) is -2.85. The van der Waals surface area contributed by atoms with E-state index < -0.39 is 29.5 Å². The van der Waals surface area contributed by atoms with Crippen LogP contribution in [0.5, 0.6) is 0 Å². The minimum absolute atomic E-state index is 0.126. The number of H-pyrrole nitrogens is 1. The molecular formula is C24H25F2N5O3. The smallest absolute Gasteiger partial charge is 0.271 e. The van der Waals surface area contributed by atoms with Crippen molar-refractivity contribution in [2.45, 2.75) is 32.4 Å². The highest BCUT2D eigenvalue weighted by molar-refractivity contribution is 5.98. The van der Waals surface area contributed by atoms with E-state index in [9.17, 15) is 23.2 Å². The van der Waals surface area contributed by atoms with Crippen LogP contribution in [0.25, 0.3) is 0 Å². The Hall–Kier alpha value is -4.08. The van der Waals surface area contributed by atoms with Crippen LogP contribution in [0.1, 0.15) is 35.0 Å². The van der Waals surface area contributed by atoms with Crippen LogP contribution >= 0.6 is 0 Å². The maximum atomic E-state index is 13.3. The molecule has 1 atom stereocenters. The van der Waals surface area contributed by atoms with Crippen LogP contribution in [-0.2, 0) is 22.6 Å². The number of carbonyl (C=O) groups is 3. The van der Waals surface area contributed by atoms with E-state index in [0.717, 1.165) is 17.7 Å². The summed E-state index contributed by atoms with van der Waals surface area (Å²) in [5, 5.41) is 11.7. The van der Waals surface area contributed by atoms with Crippen LogP contribution < -0.4 is 10.6 Å². The molecule has 8 nitrogen and oxygen atoms in total. The third-order valence-electron chi connectivity index (χ3n) is 5.02. The number of benzene rings is 2. The molecule has 3 amide bonds. The number of nitrogens with one attached hydrogen (secondary N) is 3. The first-order chi connectivity index (χ1) is 16.2. The largest absolute Gasteiger partial charge is 0.344 e. The standard InChI is InChI=1S/C24H25F2N5O3/c1-3-19(27-22(32)11-16-9-17(25)12-18(26)10-16)23(33)28-21-13-20(29-30-21)24(34)31(2)14-15-7-5-4-6-8-15/h4-10,12-13,19H,3,11,14H2,1-2H3,(H,27,32)(H2,28,29,30,33). The monoisotopic (exact) mass is 469 g/mol. The van der Waals surface area contributed by atoms with Crippen molar-refractivity contribution in [2.75, 3.05) is 12.4 Å². The molecule has 1 aromatic heterocycles. The molecule has 1 heterocycles. The minimum atomic E-state index is -0.900. The van der Waals surface area contributed by atoms with Crippen LogP contribution in [-0.4, -0.2) is 45.9 Å². The Labute approximate surface area is 195 Å². The minimum Gasteiger partial charge on any atom is -0.344 e. The Bertz CT molecular complexity index is 1150. The second kappa shape index (κ2) is 11.2. The third kappa shape index (κ3) is 6.71. The van der Waals surface area contributed by atoms with E-state index in [0.29, 0.717) is 12.6 Å². The van der Waals surface area contributed by atoms with E-state index in [2.05, 4.69) is 20.8 Å². The Kier molecular flexibility index (Phi) is 8.07. The second-order valence-corrected chi connectivity index (χ2v) is 7.79. The number of hydrogen-bond acceptors (Lipinski definition) is 4. The molecule has 34 heavy (non-hydrogen) atoms. The molecule has 3 N–H and O–H groups in total. The van der Waals surface area contributed by atoms with Crippen molar-refractivity contribution in [3.05, 3.63) is 83.1 Å². The molecule has 0 radical (unpaired) electrons. The van der Waals surface area contributed by atoms with Gasteiger partial charge in [-0.3, -0.25) is 19.5 Å². The number of carbonyl (C=O) groups excluding carboxylic acids is 3. The average Bonchev–Trinajstić information content (AvgIpc) is 3.25. The van der Waals surface area contributed by atoms with Crippen molar-refractivity contribution in [3.63, 3.8) is 0 Å². The van der Waals surface area contributed by atoms with Crippen molar-refractivity contribution in [3.8, 4) is 0 Å². The van der Waals surface area contributed by atoms with Gasteiger partial charge in [-0.05, 0) is 29.7 Å². The van der Waals surface area contributed by atoms with Crippen molar-refractivity contribution >= 4 is 23.5 Å². The summed E-state index contributed by atoms with van der Waals surface area (Å²) >= 11 is 0. The van der Waals surface area contributed by atoms with Gasteiger partial charge >= 0.3 is 0 Å². The molecule has 0 saturated carbocycles. The van der Waals surface area contributed by atoms with Crippen LogP contribution in [0.15, 0.2) is 54.6 Å². The first kappa shape index (κ1) is 24.6. The van der Waals surface area contributed by atoms with Crippen molar-refractivity contribution in [2.24, 2.45) is 0 Å². The number of aromatic amines is 1. The zero-order valence-electron chi connectivity index (χ0n) is 18.8. The van der Waals surface area contributed by atoms with E-state index in [1.54, 1.807) is 14.0 Å². The van der Waals surface area contributed by atoms with E-state index >= 15 is 0 Å². The van der Waals surface area contributed by atoms with Gasteiger partial charge in [-0.2, -0.15) is 5.10 Å². The summed E-state index contributed by atoms with van der Waals surface area (Å²) in [6, 6.07) is 12.8. The van der Waals surface area contributed by atoms with Crippen LogP contribution in [0.2, 0.25) is 0 Å². The summed E-state index contributed by atoms with van der Waals surface area (Å²) in [7, 11) is 1.65. The number of anilines is 1. The number of amides is 3. The highest BCUT2D eigenvalue weighted by Gasteiger charge is 2.21. The van der Waals surface area contributed by atoms with Gasteiger partial charge in [-0.15, -0.1) is 0 Å². The molecule has 0 saturated heterocycles. The summed E-state index contributed by atoms with van der Waals surface area (Å²) in [4.78, 5) is 39.0. The Morgan fingerprint density at radius 1 is 1.03 bits per heavy atom. The second-order valence-electron chi connectivity index (χ2n) is 7.79. The molecule has 0 aliphatic rings. The predicted octanol–water partition coefficient (Wildman–Crippen LogP) is 3.04. The molecule has 0 aliphatic carbocycles. The van der Waals surface area contributed by atoms with Gasteiger partial charge in [0.15, 0.2) is 5.82 Å². The highest BCUT2D eigenvalue weighted by Crippen LogP contribution is 2.12. The molecule has 1 unspecified atom stereocenters. The van der Waals surface area contributed by atoms with Crippen LogP contribution in [0, 0.1) is 11.6 Å². The molecule has 0 aliphatic heterocycles. The van der Waals surface area contributed by atoms with Crippen molar-refractivity contribution in [1.82, 2.24) is 20.4 Å². The summed E-state index contributed by atoms with van der Waals surface area (Å²) in [5.41, 5.74) is 1.31. The first-order valence-corrected chi connectivity index (χ1v) is 10.6. The predicted molar refractivity (Wildman–Crippen MR) is 122 cm³/mol. The Balaban J connectivity index is 1.56. The van der Waals surface area contributed by atoms with Gasteiger partial charge in [0.05, 0.1) is 6.42 Å². The van der Waals surface area contributed by atoms with E-state index in [4.69, 9.17) is 0 Å². The van der Waals surface area contributed by atoms with E-state index in [-0.39, 0.29) is 35.8 Å². The number of nitrogens with zero attached hydrogens (tertiary/aromatic N) is 2. The van der Waals surface area contributed by atoms with Gasteiger partial charge < -0.3 is 15.5 Å². The molecule has 3 aromatic rings. The normalized spacial score (nSPS) is 11.5. The lowest BCUT2D eigenvalue weighted by atomic mass is 10.1. The van der Waals surface area contributed by atoms with Gasteiger partial charge in [0, 0.05) is 25.7 Å². The summed E-state index contributed by atoms with van der Waals surface area (Å²) < 4.78 is 26.6. The SMILES string of the molecule is CCC(NC(=O)Cc1cc(F)cc(F)c1)C(=O)Nc1cc(C(=O)N(C)Cc2ccccc2)[nH]n1. The van der Waals surface area contributed by atoms with Gasteiger partial charge in [-0.25, -0.2) is 8.78 Å². The molecule has 0 bridgehead atoms. The zero-order chi connectivity index (χ0) is 24.7. The van der Waals surface area contributed by atoms with Crippen LogP contribution in [0.3, 0.4) is 0 Å². The van der Waals surface area contributed by atoms with Crippen molar-refractivity contribution in [1.29, 1.82) is 0 Å². The maximum Gasteiger partial charge on any atom is 0.271 e. The molecular weight excluding hydrogens is 444 g/mol. The fourth-order valence-corrected chi connectivity index (χ4v) is 3.34. The molecule has 0 fully saturated rings. The van der Waals surface area contributed by atoms with E-state index in [1.807, 2.05) is 30.3 Å². The fraction of sp³-hybridized carbons (Fsp3) is 0.250. The van der Waals surface area contributed by atoms with Gasteiger partial charge in [0.25, 0.3) is 5.91 Å². The van der Waals surface area contributed by atoms with Gasteiger partial charge in [0.2, 0.25) is 11.8 Å². The lowest BCUT2D eigenvalue weighted by Crippen LogP contribution is -2.44. The Morgan fingerprint density at radius 2 is 1.71 bits per heavy atom. The van der Waals surface area contributed by atoms with Crippen LogP contribution in [0.4, 0.5) is 14.6 Å². The average molecular weight is 469 g/mol. The molecule has 178 valence electrons. The van der Waals surface area contributed by atoms with Gasteiger partial charge in [0.1, 0.15) is 23.4 Å². The molecule has 3 rings (SSSR count). The third-order valence-corrected chi connectivity index (χ3v) is 5.02. The summed E-state index contributed by atoms with van der Waals surface area (Å²) in [6.45, 7) is 2.10. The maximum absolute atomic E-state index is 13.3. The number of hydrogen-bond donors (Lipinski definition) is 3. The first-order valence-electron chi connectivity index (χ1n) is 10.6. The fourth-order valence-electron chi connectivity index (χ4n) is 3.34. The molecule has 10 heteroatoms. The zero-order valence-corrected chi connectivity index (χ0v) is 18.8. The molecule has 2 aromatic carbocycles. The molecule has 0 spiro atoms. The summed E-state index contributed by atoms with van der Waals surface area (Å²) in [6.07, 6.45) is -0.0155. The van der Waals surface area contributed by atoms with E-state index in [1.165, 1.54) is 11.0 Å². The highest BCUT2D eigenvalue weighted by atomic mass is 19.1. The number of halogens is 2. The van der Waals surface area contributed by atoms with Gasteiger partial charge in [-0.1, -0.05) is 37.3 Å². The number of aromatic nitrogens is 2. The lowest BCUT2D eigenvalue weighted by molar-refractivity contribution is -0.126. The topological polar surface area (TPSA) is 107 Å². The van der Waals surface area contributed by atoms with Crippen molar-refractivity contribution < 1.29 is 23.2 Å². The lowest BCUT2D eigenvalue weighted by Gasteiger charge is -2.16. The quantitative estimate of drug-likeness (QED) is 0.448. The number of rotatable bonds is 9.